The number of aliphatic hydroxyl groups is 1. The predicted octanol–water partition coefficient (Wildman–Crippen LogP) is 4.89. The molecule has 1 N–H and O–H groups in total. The van der Waals surface area contributed by atoms with Crippen LogP contribution in [0.3, 0.4) is 0 Å². The molecule has 0 unspecified atom stereocenters. The summed E-state index contributed by atoms with van der Waals surface area (Å²) >= 11 is 7.28. The van der Waals surface area contributed by atoms with Crippen molar-refractivity contribution in [2.75, 3.05) is 0 Å². The molecule has 0 saturated heterocycles. The molecule has 0 amide bonds. The second-order valence-corrected chi connectivity index (χ2v) is 7.93. The van der Waals surface area contributed by atoms with Crippen LogP contribution in [-0.4, -0.2) is 16.6 Å². The number of carbonyl (C=O) groups excluding carboxylic acids is 1. The summed E-state index contributed by atoms with van der Waals surface area (Å²) in [6, 6.07) is 3.68. The van der Waals surface area contributed by atoms with Gasteiger partial charge in [0.15, 0.2) is 12.4 Å². The summed E-state index contributed by atoms with van der Waals surface area (Å²) in [5, 5.41) is 14.3. The molecule has 22 heavy (non-hydrogen) atoms. The fraction of sp³-hybridized carbons (Fsp3) is 0.500. The van der Waals surface area contributed by atoms with E-state index in [4.69, 9.17) is 16.4 Å². The van der Waals surface area contributed by atoms with E-state index in [0.29, 0.717) is 41.5 Å². The van der Waals surface area contributed by atoms with Gasteiger partial charge in [-0.2, -0.15) is 0 Å². The number of Topliss-reactive ketones (excluding diaryl/α,β-unsaturated/α-hetero) is 1. The zero-order valence-electron chi connectivity index (χ0n) is 13.0. The van der Waals surface area contributed by atoms with Crippen LogP contribution in [0, 0.1) is 5.41 Å². The van der Waals surface area contributed by atoms with Gasteiger partial charge in [0.1, 0.15) is 5.76 Å². The van der Waals surface area contributed by atoms with Crippen LogP contribution in [-0.2, 0) is 16.2 Å². The third-order valence-electron chi connectivity index (χ3n) is 3.49. The molecule has 0 fully saturated rings. The summed E-state index contributed by atoms with van der Waals surface area (Å²) in [7, 11) is 0. The Morgan fingerprint density at radius 1 is 1.45 bits per heavy atom. The molecule has 0 saturated carbocycles. The molecule has 1 heterocycles. The van der Waals surface area contributed by atoms with Gasteiger partial charge >= 0.3 is 0 Å². The summed E-state index contributed by atoms with van der Waals surface area (Å²) in [5.74, 6) is 0.0433. The van der Waals surface area contributed by atoms with Crippen molar-refractivity contribution in [3.05, 3.63) is 32.7 Å². The van der Waals surface area contributed by atoms with Crippen molar-refractivity contribution in [1.29, 1.82) is 0 Å². The van der Waals surface area contributed by atoms with E-state index in [1.54, 1.807) is 6.07 Å². The Hall–Kier alpha value is -1.33. The maximum Gasteiger partial charge on any atom is 0.168 e. The fourth-order valence-electron chi connectivity index (χ4n) is 2.51. The molecule has 0 atom stereocenters. The Labute approximate surface area is 139 Å². The van der Waals surface area contributed by atoms with Crippen molar-refractivity contribution in [2.45, 2.75) is 46.6 Å². The summed E-state index contributed by atoms with van der Waals surface area (Å²) in [6.07, 6.45) is 1.41. The molecule has 1 aliphatic carbocycles. The first kappa shape index (κ1) is 17.0. The normalized spacial score (nSPS) is 18.7. The average Bonchev–Trinajstić information content (AvgIpc) is 2.80. The SMILES string of the molecule is CC/C(=N/OCc1ccc(Cl)s1)C1=C(O)CC(C)(C)CC1=O. The molecule has 120 valence electrons. The van der Waals surface area contributed by atoms with E-state index in [2.05, 4.69) is 5.16 Å². The van der Waals surface area contributed by atoms with Crippen molar-refractivity contribution in [2.24, 2.45) is 10.6 Å². The number of ketones is 1. The summed E-state index contributed by atoms with van der Waals surface area (Å²) in [6.45, 7) is 6.13. The molecule has 1 aliphatic rings. The van der Waals surface area contributed by atoms with Gasteiger partial charge in [0.05, 0.1) is 15.6 Å². The van der Waals surface area contributed by atoms with Crippen molar-refractivity contribution in [3.63, 3.8) is 0 Å². The van der Waals surface area contributed by atoms with Crippen LogP contribution in [0.2, 0.25) is 4.34 Å². The first-order valence-electron chi connectivity index (χ1n) is 7.21. The highest BCUT2D eigenvalue weighted by Crippen LogP contribution is 2.36. The lowest BCUT2D eigenvalue weighted by Crippen LogP contribution is -2.29. The lowest BCUT2D eigenvalue weighted by molar-refractivity contribution is -0.118. The van der Waals surface area contributed by atoms with Crippen LogP contribution >= 0.6 is 22.9 Å². The van der Waals surface area contributed by atoms with Gasteiger partial charge in [0.2, 0.25) is 0 Å². The molecule has 2 rings (SSSR count). The van der Waals surface area contributed by atoms with Gasteiger partial charge in [0.25, 0.3) is 0 Å². The van der Waals surface area contributed by atoms with Crippen LogP contribution in [0.1, 0.15) is 44.9 Å². The number of hydrogen-bond donors (Lipinski definition) is 1. The van der Waals surface area contributed by atoms with Crippen molar-refractivity contribution < 1.29 is 14.7 Å². The Bertz CT molecular complexity index is 631. The second-order valence-electron chi connectivity index (χ2n) is 6.13. The van der Waals surface area contributed by atoms with E-state index >= 15 is 0 Å². The van der Waals surface area contributed by atoms with Gasteiger partial charge in [0, 0.05) is 17.7 Å². The number of nitrogens with zero attached hydrogens (tertiary/aromatic N) is 1. The molecule has 0 radical (unpaired) electrons. The second kappa shape index (κ2) is 6.84. The van der Waals surface area contributed by atoms with Crippen molar-refractivity contribution in [1.82, 2.24) is 0 Å². The Morgan fingerprint density at radius 3 is 2.73 bits per heavy atom. The third-order valence-corrected chi connectivity index (χ3v) is 4.69. The molecule has 4 nitrogen and oxygen atoms in total. The minimum atomic E-state index is -0.210. The number of halogens is 1. The first-order chi connectivity index (χ1) is 10.3. The van der Waals surface area contributed by atoms with Gasteiger partial charge in [-0.3, -0.25) is 4.79 Å². The Morgan fingerprint density at radius 2 is 2.18 bits per heavy atom. The molecule has 1 aromatic heterocycles. The van der Waals surface area contributed by atoms with Gasteiger partial charge in [-0.15, -0.1) is 11.3 Å². The summed E-state index contributed by atoms with van der Waals surface area (Å²) < 4.78 is 0.698. The molecular formula is C16H20ClNO3S. The van der Waals surface area contributed by atoms with E-state index in [-0.39, 0.29) is 17.0 Å². The lowest BCUT2D eigenvalue weighted by Gasteiger charge is -2.29. The van der Waals surface area contributed by atoms with Crippen LogP contribution in [0.25, 0.3) is 0 Å². The van der Waals surface area contributed by atoms with E-state index in [1.165, 1.54) is 11.3 Å². The number of hydrogen-bond acceptors (Lipinski definition) is 5. The highest BCUT2D eigenvalue weighted by molar-refractivity contribution is 7.16. The maximum absolute atomic E-state index is 12.3. The monoisotopic (exact) mass is 341 g/mol. The van der Waals surface area contributed by atoms with Gasteiger partial charge < -0.3 is 9.94 Å². The van der Waals surface area contributed by atoms with Gasteiger partial charge in [-0.25, -0.2) is 0 Å². The smallest absolute Gasteiger partial charge is 0.168 e. The lowest BCUT2D eigenvalue weighted by atomic mass is 9.75. The Kier molecular flexibility index (Phi) is 5.29. The molecule has 0 aromatic carbocycles. The fourth-order valence-corrected chi connectivity index (χ4v) is 3.50. The van der Waals surface area contributed by atoms with E-state index in [1.807, 2.05) is 26.8 Å². The average molecular weight is 342 g/mol. The number of carbonyl (C=O) groups is 1. The van der Waals surface area contributed by atoms with Crippen LogP contribution < -0.4 is 0 Å². The molecular weight excluding hydrogens is 322 g/mol. The number of oxime groups is 1. The summed E-state index contributed by atoms with van der Waals surface area (Å²) in [5.41, 5.74) is 0.615. The van der Waals surface area contributed by atoms with Gasteiger partial charge in [-0.05, 0) is 24.0 Å². The molecule has 0 bridgehead atoms. The highest BCUT2D eigenvalue weighted by Gasteiger charge is 2.34. The van der Waals surface area contributed by atoms with E-state index < -0.39 is 0 Å². The van der Waals surface area contributed by atoms with Crippen LogP contribution in [0.15, 0.2) is 28.6 Å². The number of aliphatic hydroxyl groups excluding tert-OH is 1. The number of allylic oxidation sites excluding steroid dienone is 2. The molecule has 6 heteroatoms. The molecule has 1 aromatic rings. The predicted molar refractivity (Wildman–Crippen MR) is 89.5 cm³/mol. The zero-order chi connectivity index (χ0) is 16.3. The zero-order valence-corrected chi connectivity index (χ0v) is 14.6. The largest absolute Gasteiger partial charge is 0.511 e. The standard InChI is InChI=1S/C16H20ClNO3S/c1-4-11(18-21-9-10-5-6-14(17)22-10)15-12(19)7-16(2,3)8-13(15)20/h5-6,19H,4,7-9H2,1-3H3/b18-11-. The van der Waals surface area contributed by atoms with Crippen LogP contribution in [0.4, 0.5) is 0 Å². The first-order valence-corrected chi connectivity index (χ1v) is 8.40. The molecule has 0 aliphatic heterocycles. The van der Waals surface area contributed by atoms with Crippen molar-refractivity contribution in [3.8, 4) is 0 Å². The number of rotatable bonds is 5. The highest BCUT2D eigenvalue weighted by atomic mass is 35.5. The van der Waals surface area contributed by atoms with E-state index in [9.17, 15) is 9.90 Å². The van der Waals surface area contributed by atoms with Crippen LogP contribution in [0.5, 0.6) is 0 Å². The van der Waals surface area contributed by atoms with Gasteiger partial charge in [-0.1, -0.05) is 37.5 Å². The topological polar surface area (TPSA) is 58.9 Å². The third kappa shape index (κ3) is 4.11. The minimum Gasteiger partial charge on any atom is -0.511 e. The summed E-state index contributed by atoms with van der Waals surface area (Å²) in [4.78, 5) is 18.6. The molecule has 0 spiro atoms. The van der Waals surface area contributed by atoms with Crippen molar-refractivity contribution >= 4 is 34.4 Å². The minimum absolute atomic E-state index is 0.0721. The number of thiophene rings is 1. The Balaban J connectivity index is 2.13. The quantitative estimate of drug-likeness (QED) is 0.613. The maximum atomic E-state index is 12.3. The van der Waals surface area contributed by atoms with E-state index in [0.717, 1.165) is 4.88 Å².